The van der Waals surface area contributed by atoms with Gasteiger partial charge in [0.1, 0.15) is 6.04 Å². The van der Waals surface area contributed by atoms with Crippen molar-refractivity contribution < 1.29 is 27.5 Å². The first kappa shape index (κ1) is 22.5. The molecule has 0 saturated carbocycles. The molecule has 0 radical (unpaired) electrons. The fraction of sp³-hybridized carbons (Fsp3) is 0.667. The molecule has 2 aliphatic heterocycles. The monoisotopic (exact) mass is 438 g/mol. The molecular weight excluding hydrogens is 408 g/mol. The van der Waals surface area contributed by atoms with Crippen LogP contribution in [0.2, 0.25) is 0 Å². The van der Waals surface area contributed by atoms with Crippen LogP contribution in [0.5, 0.6) is 0 Å². The molecule has 1 aromatic rings. The summed E-state index contributed by atoms with van der Waals surface area (Å²) in [5, 5.41) is 0. The Hall–Kier alpha value is -2.16. The maximum Gasteiger partial charge on any atom is 0.329 e. The van der Waals surface area contributed by atoms with Crippen LogP contribution in [0.25, 0.3) is 0 Å². The summed E-state index contributed by atoms with van der Waals surface area (Å²) in [4.78, 5) is 39.0. The maximum atomic E-state index is 12.7. The molecule has 30 heavy (non-hydrogen) atoms. The van der Waals surface area contributed by atoms with Crippen LogP contribution in [0.3, 0.4) is 0 Å². The minimum absolute atomic E-state index is 0.0571. The number of hydrogen-bond acceptors (Lipinski definition) is 6. The fourth-order valence-corrected chi connectivity index (χ4v) is 6.28. The Morgan fingerprint density at radius 3 is 2.57 bits per heavy atom. The van der Waals surface area contributed by atoms with Crippen LogP contribution in [0.1, 0.15) is 66.8 Å². The van der Waals surface area contributed by atoms with Gasteiger partial charge in [-0.2, -0.15) is 0 Å². The maximum absolute atomic E-state index is 12.7. The molecule has 9 heteroatoms. The van der Waals surface area contributed by atoms with Crippen molar-refractivity contribution in [3.63, 3.8) is 0 Å². The van der Waals surface area contributed by atoms with Crippen molar-refractivity contribution in [1.29, 1.82) is 0 Å². The van der Waals surface area contributed by atoms with E-state index in [0.717, 1.165) is 12.1 Å². The lowest BCUT2D eigenvalue weighted by atomic mass is 10.1. The van der Waals surface area contributed by atoms with Crippen molar-refractivity contribution in [3.05, 3.63) is 23.0 Å². The van der Waals surface area contributed by atoms with Gasteiger partial charge in [-0.05, 0) is 45.6 Å². The third-order valence-electron chi connectivity index (χ3n) is 6.01. The minimum atomic E-state index is -3.04. The number of aromatic nitrogens is 1. The van der Waals surface area contributed by atoms with Gasteiger partial charge in [-0.15, -0.1) is 0 Å². The topological polar surface area (TPSA) is 103 Å². The molecule has 0 spiro atoms. The number of esters is 1. The van der Waals surface area contributed by atoms with Crippen molar-refractivity contribution in [1.82, 2.24) is 9.47 Å². The number of rotatable bonds is 7. The Labute approximate surface area is 177 Å². The molecule has 166 valence electrons. The lowest BCUT2D eigenvalue weighted by molar-refractivity contribution is -0.152. The molecule has 0 N–H and O–H groups in total. The lowest BCUT2D eigenvalue weighted by Crippen LogP contribution is -2.41. The predicted octanol–water partition coefficient (Wildman–Crippen LogP) is 1.98. The van der Waals surface area contributed by atoms with E-state index in [-0.39, 0.29) is 29.2 Å². The number of carbonyl (C=O) groups excluding carboxylic acids is 3. The van der Waals surface area contributed by atoms with E-state index in [9.17, 15) is 22.8 Å². The molecular formula is C21H30N2O6S. The number of amides is 1. The third kappa shape index (κ3) is 4.61. The van der Waals surface area contributed by atoms with Gasteiger partial charge in [0.15, 0.2) is 16.4 Å². The first-order valence-corrected chi connectivity index (χ1v) is 12.3. The zero-order chi connectivity index (χ0) is 22.1. The van der Waals surface area contributed by atoms with E-state index < -0.39 is 28.5 Å². The second kappa shape index (κ2) is 8.91. The van der Waals surface area contributed by atoms with Crippen LogP contribution in [0.15, 0.2) is 6.07 Å². The Morgan fingerprint density at radius 1 is 1.20 bits per heavy atom. The van der Waals surface area contributed by atoms with Gasteiger partial charge in [-0.1, -0.05) is 6.92 Å². The van der Waals surface area contributed by atoms with Crippen LogP contribution in [0.4, 0.5) is 0 Å². The minimum Gasteiger partial charge on any atom is -0.456 e. The average Bonchev–Trinajstić information content (AvgIpc) is 3.37. The molecule has 3 heterocycles. The highest BCUT2D eigenvalue weighted by Gasteiger charge is 2.35. The number of carbonyl (C=O) groups is 3. The summed E-state index contributed by atoms with van der Waals surface area (Å²) >= 11 is 0. The van der Waals surface area contributed by atoms with Gasteiger partial charge in [-0.25, -0.2) is 13.2 Å². The summed E-state index contributed by atoms with van der Waals surface area (Å²) in [5.41, 5.74) is 1.95. The van der Waals surface area contributed by atoms with Crippen LogP contribution in [0, 0.1) is 13.8 Å². The van der Waals surface area contributed by atoms with Crippen LogP contribution in [-0.4, -0.2) is 66.2 Å². The molecule has 1 aromatic heterocycles. The van der Waals surface area contributed by atoms with Crippen molar-refractivity contribution in [2.75, 3.05) is 24.7 Å². The molecule has 8 nitrogen and oxygen atoms in total. The van der Waals surface area contributed by atoms with Gasteiger partial charge in [0.25, 0.3) is 0 Å². The number of sulfone groups is 1. The van der Waals surface area contributed by atoms with E-state index in [0.29, 0.717) is 43.5 Å². The highest BCUT2D eigenvalue weighted by atomic mass is 32.2. The average molecular weight is 439 g/mol. The van der Waals surface area contributed by atoms with E-state index in [2.05, 4.69) is 0 Å². The number of Topliss-reactive ketones (excluding diaryl/α,β-unsaturated/α-hetero) is 1. The van der Waals surface area contributed by atoms with E-state index in [1.807, 2.05) is 18.4 Å². The van der Waals surface area contributed by atoms with E-state index >= 15 is 0 Å². The number of ether oxygens (including phenoxy) is 1. The largest absolute Gasteiger partial charge is 0.456 e. The van der Waals surface area contributed by atoms with Crippen LogP contribution >= 0.6 is 0 Å². The molecule has 2 aliphatic rings. The quantitative estimate of drug-likeness (QED) is 0.476. The van der Waals surface area contributed by atoms with E-state index in [4.69, 9.17) is 4.74 Å². The number of hydrogen-bond donors (Lipinski definition) is 0. The number of nitrogens with zero attached hydrogens (tertiary/aromatic N) is 2. The van der Waals surface area contributed by atoms with E-state index in [1.165, 1.54) is 0 Å². The van der Waals surface area contributed by atoms with Gasteiger partial charge < -0.3 is 14.2 Å². The van der Waals surface area contributed by atoms with E-state index in [1.54, 1.807) is 17.9 Å². The first-order valence-electron chi connectivity index (χ1n) is 10.5. The Balaban J connectivity index is 1.65. The van der Waals surface area contributed by atoms with Gasteiger partial charge in [0, 0.05) is 36.0 Å². The zero-order valence-electron chi connectivity index (χ0n) is 17.8. The summed E-state index contributed by atoms with van der Waals surface area (Å²) < 4.78 is 30.8. The molecule has 0 aliphatic carbocycles. The summed E-state index contributed by atoms with van der Waals surface area (Å²) in [6.45, 7) is 5.69. The van der Waals surface area contributed by atoms with Crippen LogP contribution in [-0.2, 0) is 24.2 Å². The van der Waals surface area contributed by atoms with Crippen molar-refractivity contribution in [3.8, 4) is 0 Å². The SMILES string of the molecule is CCCC(=O)N1CCCC1C(=O)OCC(=O)c1cc(C)n(C2CCS(=O)(=O)C2)c1C. The standard InChI is InChI=1S/C21H30N2O6S/c1-4-6-20(25)22-9-5-7-18(22)21(26)29-12-19(24)17-11-14(2)23(15(17)3)16-8-10-30(27,28)13-16/h11,16,18H,4-10,12-13H2,1-3H3. The lowest BCUT2D eigenvalue weighted by Gasteiger charge is -2.23. The number of aryl methyl sites for hydroxylation is 1. The molecule has 2 atom stereocenters. The summed E-state index contributed by atoms with van der Waals surface area (Å²) in [5.74, 6) is -0.688. The highest BCUT2D eigenvalue weighted by Crippen LogP contribution is 2.29. The van der Waals surface area contributed by atoms with Gasteiger partial charge in [-0.3, -0.25) is 9.59 Å². The first-order chi connectivity index (χ1) is 14.1. The molecule has 3 rings (SSSR count). The summed E-state index contributed by atoms with van der Waals surface area (Å²) in [6, 6.07) is 0.937. The normalized spacial score (nSPS) is 23.0. The van der Waals surface area contributed by atoms with Crippen LogP contribution < -0.4 is 0 Å². The molecule has 2 fully saturated rings. The Kier molecular flexibility index (Phi) is 6.69. The Bertz CT molecular complexity index is 949. The van der Waals surface area contributed by atoms with Crippen molar-refractivity contribution >= 4 is 27.5 Å². The highest BCUT2D eigenvalue weighted by molar-refractivity contribution is 7.91. The molecule has 2 saturated heterocycles. The predicted molar refractivity (Wildman–Crippen MR) is 111 cm³/mol. The van der Waals surface area contributed by atoms with Crippen molar-refractivity contribution in [2.24, 2.45) is 0 Å². The van der Waals surface area contributed by atoms with Gasteiger partial charge >= 0.3 is 5.97 Å². The number of ketones is 1. The molecule has 1 amide bonds. The Morgan fingerprint density at radius 2 is 1.93 bits per heavy atom. The zero-order valence-corrected chi connectivity index (χ0v) is 18.7. The third-order valence-corrected chi connectivity index (χ3v) is 7.76. The molecule has 0 bridgehead atoms. The summed E-state index contributed by atoms with van der Waals surface area (Å²) in [6.07, 6.45) is 2.94. The molecule has 2 unspecified atom stereocenters. The summed E-state index contributed by atoms with van der Waals surface area (Å²) in [7, 11) is -3.04. The smallest absolute Gasteiger partial charge is 0.329 e. The molecule has 0 aromatic carbocycles. The van der Waals surface area contributed by atoms with Crippen molar-refractivity contribution in [2.45, 2.75) is 65.0 Å². The number of likely N-dealkylation sites (tertiary alicyclic amines) is 1. The second-order valence-electron chi connectivity index (χ2n) is 8.24. The second-order valence-corrected chi connectivity index (χ2v) is 10.5. The fourth-order valence-electron chi connectivity index (χ4n) is 4.58. The van der Waals surface area contributed by atoms with Gasteiger partial charge in [0.2, 0.25) is 11.7 Å². The van der Waals surface area contributed by atoms with Gasteiger partial charge in [0.05, 0.1) is 11.5 Å².